The van der Waals surface area contributed by atoms with E-state index in [0.717, 1.165) is 5.92 Å². The van der Waals surface area contributed by atoms with E-state index < -0.39 is 0 Å². The molecule has 2 rings (SSSR count). The first kappa shape index (κ1) is 12.1. The standard InChI is InChI=1S/C15H26O/c1-2-12-8-10-14(11-9-12)15(16)13-6-4-3-5-7-13/h12-14H,2-11H2,1H3. The molecule has 0 aromatic heterocycles. The van der Waals surface area contributed by atoms with Crippen molar-refractivity contribution in [1.82, 2.24) is 0 Å². The van der Waals surface area contributed by atoms with Crippen molar-refractivity contribution < 1.29 is 4.79 Å². The highest BCUT2D eigenvalue weighted by Crippen LogP contribution is 2.35. The van der Waals surface area contributed by atoms with Crippen molar-refractivity contribution in [3.05, 3.63) is 0 Å². The van der Waals surface area contributed by atoms with Crippen molar-refractivity contribution in [1.29, 1.82) is 0 Å². The Morgan fingerprint density at radius 2 is 1.44 bits per heavy atom. The first-order valence-electron chi connectivity index (χ1n) is 7.35. The molecule has 0 N–H and O–H groups in total. The fourth-order valence-electron chi connectivity index (χ4n) is 3.58. The van der Waals surface area contributed by atoms with Gasteiger partial charge >= 0.3 is 0 Å². The van der Waals surface area contributed by atoms with Gasteiger partial charge in [0.2, 0.25) is 0 Å². The number of carbonyl (C=O) groups excluding carboxylic acids is 1. The third-order valence-corrected chi connectivity index (χ3v) is 4.83. The molecule has 0 aromatic carbocycles. The van der Waals surface area contributed by atoms with Crippen LogP contribution >= 0.6 is 0 Å². The van der Waals surface area contributed by atoms with Gasteiger partial charge in [-0.2, -0.15) is 0 Å². The van der Waals surface area contributed by atoms with Crippen LogP contribution in [-0.2, 0) is 4.79 Å². The van der Waals surface area contributed by atoms with E-state index in [1.165, 1.54) is 64.2 Å². The molecule has 0 saturated heterocycles. The van der Waals surface area contributed by atoms with Crippen molar-refractivity contribution in [3.63, 3.8) is 0 Å². The molecule has 16 heavy (non-hydrogen) atoms. The molecule has 0 bridgehead atoms. The SMILES string of the molecule is CCC1CCC(C(=O)C2CCCCC2)CC1. The molecule has 0 aliphatic heterocycles. The first-order chi connectivity index (χ1) is 7.81. The van der Waals surface area contributed by atoms with Gasteiger partial charge in [0.1, 0.15) is 5.78 Å². The molecule has 2 saturated carbocycles. The Hall–Kier alpha value is -0.330. The van der Waals surface area contributed by atoms with Crippen molar-refractivity contribution in [3.8, 4) is 0 Å². The van der Waals surface area contributed by atoms with E-state index in [4.69, 9.17) is 0 Å². The molecule has 2 aliphatic carbocycles. The summed E-state index contributed by atoms with van der Waals surface area (Å²) in [5.74, 6) is 2.42. The lowest BCUT2D eigenvalue weighted by molar-refractivity contribution is -0.129. The third kappa shape index (κ3) is 2.87. The number of hydrogen-bond acceptors (Lipinski definition) is 1. The fourth-order valence-corrected chi connectivity index (χ4v) is 3.58. The summed E-state index contributed by atoms with van der Waals surface area (Å²) in [5.41, 5.74) is 0. The van der Waals surface area contributed by atoms with Crippen LogP contribution in [0.1, 0.15) is 71.1 Å². The second-order valence-corrected chi connectivity index (χ2v) is 5.86. The molecule has 1 heteroatoms. The maximum Gasteiger partial charge on any atom is 0.139 e. The number of hydrogen-bond donors (Lipinski definition) is 0. The van der Waals surface area contributed by atoms with E-state index in [-0.39, 0.29) is 0 Å². The van der Waals surface area contributed by atoms with Gasteiger partial charge in [0.05, 0.1) is 0 Å². The average molecular weight is 222 g/mol. The van der Waals surface area contributed by atoms with Gasteiger partial charge in [-0.15, -0.1) is 0 Å². The summed E-state index contributed by atoms with van der Waals surface area (Å²) >= 11 is 0. The van der Waals surface area contributed by atoms with Crippen LogP contribution in [0.4, 0.5) is 0 Å². The van der Waals surface area contributed by atoms with Gasteiger partial charge < -0.3 is 0 Å². The number of rotatable bonds is 3. The van der Waals surface area contributed by atoms with E-state index in [9.17, 15) is 4.79 Å². The molecule has 0 unspecified atom stereocenters. The predicted octanol–water partition coefficient (Wildman–Crippen LogP) is 4.35. The molecule has 0 amide bonds. The maximum absolute atomic E-state index is 12.3. The van der Waals surface area contributed by atoms with E-state index in [1.807, 2.05) is 0 Å². The molecule has 0 heterocycles. The Kier molecular flexibility index (Phi) is 4.43. The maximum atomic E-state index is 12.3. The normalized spacial score (nSPS) is 32.6. The van der Waals surface area contributed by atoms with Crippen LogP contribution in [0.25, 0.3) is 0 Å². The molecular formula is C15H26O. The van der Waals surface area contributed by atoms with Crippen LogP contribution in [0, 0.1) is 17.8 Å². The Labute approximate surface area is 100.0 Å². The minimum atomic E-state index is 0.436. The highest BCUT2D eigenvalue weighted by molar-refractivity contribution is 5.83. The summed E-state index contributed by atoms with van der Waals surface area (Å²) < 4.78 is 0. The van der Waals surface area contributed by atoms with Gasteiger partial charge in [-0.05, 0) is 44.4 Å². The molecule has 92 valence electrons. The minimum absolute atomic E-state index is 0.436. The highest BCUT2D eigenvalue weighted by atomic mass is 16.1. The van der Waals surface area contributed by atoms with Gasteiger partial charge in [0.15, 0.2) is 0 Å². The van der Waals surface area contributed by atoms with Gasteiger partial charge in [-0.3, -0.25) is 4.79 Å². The Morgan fingerprint density at radius 3 is 2.00 bits per heavy atom. The Morgan fingerprint density at radius 1 is 0.875 bits per heavy atom. The molecule has 0 atom stereocenters. The summed E-state index contributed by atoms with van der Waals surface area (Å²) in [4.78, 5) is 12.3. The second-order valence-electron chi connectivity index (χ2n) is 5.86. The highest BCUT2D eigenvalue weighted by Gasteiger charge is 2.30. The quantitative estimate of drug-likeness (QED) is 0.693. The lowest BCUT2D eigenvalue weighted by Gasteiger charge is -2.30. The van der Waals surface area contributed by atoms with Crippen LogP contribution in [0.5, 0.6) is 0 Å². The molecule has 0 radical (unpaired) electrons. The predicted molar refractivity (Wildman–Crippen MR) is 67.3 cm³/mol. The zero-order valence-electron chi connectivity index (χ0n) is 10.7. The second kappa shape index (κ2) is 5.84. The fraction of sp³-hybridized carbons (Fsp3) is 0.933. The summed E-state index contributed by atoms with van der Waals surface area (Å²) in [7, 11) is 0. The zero-order chi connectivity index (χ0) is 11.4. The van der Waals surface area contributed by atoms with Crippen LogP contribution in [0.2, 0.25) is 0 Å². The first-order valence-corrected chi connectivity index (χ1v) is 7.35. The number of carbonyl (C=O) groups is 1. The number of Topliss-reactive ketones (excluding diaryl/α,β-unsaturated/α-hetero) is 1. The molecular weight excluding hydrogens is 196 g/mol. The summed E-state index contributed by atoms with van der Waals surface area (Å²) in [6, 6.07) is 0. The zero-order valence-corrected chi connectivity index (χ0v) is 10.7. The van der Waals surface area contributed by atoms with Crippen molar-refractivity contribution in [2.24, 2.45) is 17.8 Å². The summed E-state index contributed by atoms with van der Waals surface area (Å²) in [6.07, 6.45) is 12.6. The topological polar surface area (TPSA) is 17.1 Å². The van der Waals surface area contributed by atoms with Crippen molar-refractivity contribution in [2.75, 3.05) is 0 Å². The Balaban J connectivity index is 1.81. The Bertz CT molecular complexity index is 220. The third-order valence-electron chi connectivity index (χ3n) is 4.83. The molecule has 0 spiro atoms. The monoisotopic (exact) mass is 222 g/mol. The van der Waals surface area contributed by atoms with Crippen molar-refractivity contribution in [2.45, 2.75) is 71.1 Å². The average Bonchev–Trinajstić information content (AvgIpc) is 2.39. The number of ketones is 1. The van der Waals surface area contributed by atoms with Gasteiger partial charge in [0.25, 0.3) is 0 Å². The lowest BCUT2D eigenvalue weighted by Crippen LogP contribution is -2.28. The van der Waals surface area contributed by atoms with Crippen LogP contribution in [0.3, 0.4) is 0 Å². The van der Waals surface area contributed by atoms with Gasteiger partial charge in [-0.25, -0.2) is 0 Å². The van der Waals surface area contributed by atoms with Crippen LogP contribution < -0.4 is 0 Å². The van der Waals surface area contributed by atoms with E-state index >= 15 is 0 Å². The molecule has 2 fully saturated rings. The minimum Gasteiger partial charge on any atom is -0.299 e. The summed E-state index contributed by atoms with van der Waals surface area (Å²) in [6.45, 7) is 2.29. The summed E-state index contributed by atoms with van der Waals surface area (Å²) in [5, 5.41) is 0. The lowest BCUT2D eigenvalue weighted by atomic mass is 9.73. The smallest absolute Gasteiger partial charge is 0.139 e. The van der Waals surface area contributed by atoms with Crippen molar-refractivity contribution >= 4 is 5.78 Å². The molecule has 1 nitrogen and oxygen atoms in total. The molecule has 0 aromatic rings. The molecule has 2 aliphatic rings. The van der Waals surface area contributed by atoms with E-state index in [1.54, 1.807) is 0 Å². The van der Waals surface area contributed by atoms with Crippen LogP contribution in [0.15, 0.2) is 0 Å². The largest absolute Gasteiger partial charge is 0.299 e. The van der Waals surface area contributed by atoms with Crippen LogP contribution in [-0.4, -0.2) is 5.78 Å². The van der Waals surface area contributed by atoms with E-state index in [2.05, 4.69) is 6.92 Å². The van der Waals surface area contributed by atoms with Gasteiger partial charge in [-0.1, -0.05) is 32.6 Å². The van der Waals surface area contributed by atoms with Gasteiger partial charge in [0, 0.05) is 11.8 Å². The van der Waals surface area contributed by atoms with E-state index in [0.29, 0.717) is 17.6 Å².